The topological polar surface area (TPSA) is 177 Å². The van der Waals surface area contributed by atoms with E-state index in [2.05, 4.69) is 10.7 Å². The average molecular weight is 664 g/mol. The Hall–Kier alpha value is -5.72. The predicted molar refractivity (Wildman–Crippen MR) is 165 cm³/mol. The van der Waals surface area contributed by atoms with Crippen LogP contribution < -0.4 is 16.2 Å². The molecule has 0 heterocycles. The van der Waals surface area contributed by atoms with Crippen LogP contribution in [0.5, 0.6) is 0 Å². The van der Waals surface area contributed by atoms with Gasteiger partial charge in [-0.2, -0.15) is 0 Å². The first kappa shape index (κ1) is 33.2. The van der Waals surface area contributed by atoms with Crippen molar-refractivity contribution in [3.63, 3.8) is 0 Å². The number of hydrogen-bond donors (Lipinski definition) is 4. The maximum atomic E-state index is 13.2. The van der Waals surface area contributed by atoms with Crippen LogP contribution in [0.3, 0.4) is 0 Å². The zero-order valence-electron chi connectivity index (χ0n) is 23.4. The molecule has 0 bridgehead atoms. The highest BCUT2D eigenvalue weighted by Gasteiger charge is 2.41. The van der Waals surface area contributed by atoms with E-state index in [-0.39, 0.29) is 32.6 Å². The lowest BCUT2D eigenvalue weighted by Crippen LogP contribution is -2.54. The van der Waals surface area contributed by atoms with Gasteiger partial charge in [-0.3, -0.25) is 25.2 Å². The van der Waals surface area contributed by atoms with E-state index in [9.17, 15) is 33.9 Å². The Balaban J connectivity index is 1.49. The molecule has 3 amide bonds. The lowest BCUT2D eigenvalue weighted by Gasteiger charge is -2.24. The highest BCUT2D eigenvalue weighted by molar-refractivity contribution is 6.34. The standard InChI is InChI=1S/C32H23Cl2N3O9/c33-23-12-6-4-10-21(23)31(43)45-25(26(30(41)42)46-32(44)22-11-5-7-13-24(22)34)29(40)37-36-28(39)19-14-16-20(17-15-19)35-27(38)18-8-2-1-3-9-18/h1-17,25-26H,(H,35,38)(H,36,39)(H,37,40)(H,41,42)/t25-,26+/m0/s1. The SMILES string of the molecule is O=C(NNC(=O)[C@@H](OC(=O)c1ccccc1Cl)[C@@H](OC(=O)c1ccccc1Cl)C(=O)O)c1ccc(NC(=O)c2ccccc2)cc1. The van der Waals surface area contributed by atoms with Crippen molar-refractivity contribution in [1.82, 2.24) is 10.9 Å². The predicted octanol–water partition coefficient (Wildman–Crippen LogP) is 4.54. The number of rotatable bonds is 10. The van der Waals surface area contributed by atoms with E-state index in [0.29, 0.717) is 11.3 Å². The molecule has 46 heavy (non-hydrogen) atoms. The lowest BCUT2D eigenvalue weighted by atomic mass is 10.1. The van der Waals surface area contributed by atoms with Crippen molar-refractivity contribution < 1.29 is 43.3 Å². The Kier molecular flexibility index (Phi) is 11.1. The molecule has 0 aliphatic carbocycles. The van der Waals surface area contributed by atoms with E-state index < -0.39 is 41.9 Å². The molecule has 14 heteroatoms. The molecule has 0 aromatic heterocycles. The Morgan fingerprint density at radius 2 is 1.04 bits per heavy atom. The van der Waals surface area contributed by atoms with Gasteiger partial charge in [0.2, 0.25) is 12.2 Å². The van der Waals surface area contributed by atoms with Gasteiger partial charge in [0.05, 0.1) is 21.2 Å². The Morgan fingerprint density at radius 3 is 1.57 bits per heavy atom. The monoisotopic (exact) mass is 663 g/mol. The van der Waals surface area contributed by atoms with Gasteiger partial charge in [-0.1, -0.05) is 65.7 Å². The molecule has 0 saturated carbocycles. The maximum absolute atomic E-state index is 13.2. The van der Waals surface area contributed by atoms with E-state index in [1.165, 1.54) is 72.8 Å². The van der Waals surface area contributed by atoms with Crippen LogP contribution in [0.1, 0.15) is 41.4 Å². The second-order valence-electron chi connectivity index (χ2n) is 9.29. The number of esters is 2. The van der Waals surface area contributed by atoms with E-state index in [1.807, 2.05) is 5.43 Å². The number of hydrazine groups is 1. The first-order valence-electron chi connectivity index (χ1n) is 13.3. The molecule has 0 saturated heterocycles. The van der Waals surface area contributed by atoms with Crippen molar-refractivity contribution in [2.75, 3.05) is 5.32 Å². The number of ether oxygens (including phenoxy) is 2. The lowest BCUT2D eigenvalue weighted by molar-refractivity contribution is -0.159. The molecule has 0 aliphatic heterocycles. The fraction of sp³-hybridized carbons (Fsp3) is 0.0625. The van der Waals surface area contributed by atoms with Gasteiger partial charge >= 0.3 is 17.9 Å². The third-order valence-electron chi connectivity index (χ3n) is 6.17. The second-order valence-corrected chi connectivity index (χ2v) is 10.1. The molecule has 4 aromatic rings. The van der Waals surface area contributed by atoms with Crippen molar-refractivity contribution in [3.05, 3.63) is 135 Å². The zero-order valence-corrected chi connectivity index (χ0v) is 25.0. The molecular formula is C32H23Cl2N3O9. The van der Waals surface area contributed by atoms with Crippen LogP contribution in [0.25, 0.3) is 0 Å². The number of aliphatic carboxylic acids is 1. The number of carbonyl (C=O) groups is 6. The average Bonchev–Trinajstić information content (AvgIpc) is 3.05. The van der Waals surface area contributed by atoms with Crippen molar-refractivity contribution in [2.45, 2.75) is 12.2 Å². The van der Waals surface area contributed by atoms with Crippen molar-refractivity contribution >= 4 is 64.5 Å². The Labute approximate surface area is 271 Å². The molecule has 0 aliphatic rings. The van der Waals surface area contributed by atoms with Crippen LogP contribution in [-0.2, 0) is 19.1 Å². The molecule has 4 aromatic carbocycles. The van der Waals surface area contributed by atoms with Gasteiger partial charge in [0.25, 0.3) is 17.7 Å². The van der Waals surface area contributed by atoms with Gasteiger partial charge in [-0.15, -0.1) is 0 Å². The Morgan fingerprint density at radius 1 is 0.565 bits per heavy atom. The van der Waals surface area contributed by atoms with E-state index in [0.717, 1.165) is 0 Å². The number of halogens is 2. The fourth-order valence-corrected chi connectivity index (χ4v) is 4.29. The molecule has 234 valence electrons. The van der Waals surface area contributed by atoms with Crippen LogP contribution in [0, 0.1) is 0 Å². The molecule has 0 radical (unpaired) electrons. The summed E-state index contributed by atoms with van der Waals surface area (Å²) in [6.07, 6.45) is -4.71. The minimum Gasteiger partial charge on any atom is -0.478 e. The van der Waals surface area contributed by atoms with E-state index in [1.54, 1.807) is 30.3 Å². The van der Waals surface area contributed by atoms with Gasteiger partial charge in [-0.25, -0.2) is 14.4 Å². The summed E-state index contributed by atoms with van der Waals surface area (Å²) in [7, 11) is 0. The molecule has 12 nitrogen and oxygen atoms in total. The number of nitrogens with one attached hydrogen (secondary N) is 3. The summed E-state index contributed by atoms with van der Waals surface area (Å²) in [6, 6.07) is 25.2. The van der Waals surface area contributed by atoms with Crippen molar-refractivity contribution in [3.8, 4) is 0 Å². The second kappa shape index (κ2) is 15.3. The highest BCUT2D eigenvalue weighted by atomic mass is 35.5. The van der Waals surface area contributed by atoms with Gasteiger partial charge in [0, 0.05) is 16.8 Å². The van der Waals surface area contributed by atoms with Crippen LogP contribution in [0.15, 0.2) is 103 Å². The normalized spacial score (nSPS) is 11.7. The van der Waals surface area contributed by atoms with Gasteiger partial charge in [-0.05, 0) is 60.7 Å². The van der Waals surface area contributed by atoms with Gasteiger partial charge in [0.1, 0.15) is 0 Å². The molecule has 4 rings (SSSR count). The number of carboxylic acids is 1. The molecular weight excluding hydrogens is 641 g/mol. The number of anilines is 1. The Bertz CT molecular complexity index is 1780. The first-order valence-corrected chi connectivity index (χ1v) is 14.0. The van der Waals surface area contributed by atoms with E-state index in [4.69, 9.17) is 32.7 Å². The summed E-state index contributed by atoms with van der Waals surface area (Å²) in [4.78, 5) is 76.3. The molecule has 4 N–H and O–H groups in total. The van der Waals surface area contributed by atoms with Crippen molar-refractivity contribution in [1.29, 1.82) is 0 Å². The van der Waals surface area contributed by atoms with Crippen LogP contribution in [0.4, 0.5) is 5.69 Å². The largest absolute Gasteiger partial charge is 0.478 e. The summed E-state index contributed by atoms with van der Waals surface area (Å²) in [5, 5.41) is 12.4. The molecule has 0 fully saturated rings. The molecule has 2 atom stereocenters. The summed E-state index contributed by atoms with van der Waals surface area (Å²) < 4.78 is 10.2. The number of amides is 3. The first-order chi connectivity index (χ1) is 22.0. The third kappa shape index (κ3) is 8.46. The van der Waals surface area contributed by atoms with Gasteiger partial charge < -0.3 is 19.9 Å². The smallest absolute Gasteiger partial charge is 0.349 e. The van der Waals surface area contributed by atoms with Crippen LogP contribution in [-0.4, -0.2) is 52.9 Å². The number of carbonyl (C=O) groups excluding carboxylic acids is 5. The highest BCUT2D eigenvalue weighted by Crippen LogP contribution is 2.21. The minimum absolute atomic E-state index is 0.0301. The molecule has 0 unspecified atom stereocenters. The number of carboxylic acid groups (broad SMARTS) is 1. The summed E-state index contributed by atoms with van der Waals surface area (Å²) in [5.74, 6) is -6.89. The number of hydrogen-bond acceptors (Lipinski definition) is 8. The van der Waals surface area contributed by atoms with Gasteiger partial charge in [0.15, 0.2) is 0 Å². The van der Waals surface area contributed by atoms with E-state index >= 15 is 0 Å². The summed E-state index contributed by atoms with van der Waals surface area (Å²) >= 11 is 12.1. The summed E-state index contributed by atoms with van der Waals surface area (Å²) in [5.41, 5.74) is 4.46. The van der Waals surface area contributed by atoms with Crippen LogP contribution in [0.2, 0.25) is 10.0 Å². The fourth-order valence-electron chi connectivity index (χ4n) is 3.86. The minimum atomic E-state index is -2.39. The zero-order chi connectivity index (χ0) is 33.2. The third-order valence-corrected chi connectivity index (χ3v) is 6.83. The quantitative estimate of drug-likeness (QED) is 0.140. The summed E-state index contributed by atoms with van der Waals surface area (Å²) in [6.45, 7) is 0. The number of benzene rings is 4. The molecule has 0 spiro atoms. The van der Waals surface area contributed by atoms with Crippen LogP contribution >= 0.6 is 23.2 Å². The van der Waals surface area contributed by atoms with Crippen molar-refractivity contribution in [2.24, 2.45) is 0 Å². The maximum Gasteiger partial charge on any atom is 0.349 e.